The van der Waals surface area contributed by atoms with Crippen molar-refractivity contribution in [3.8, 4) is 5.75 Å². The number of nitro groups is 1. The number of nitrogens with zero attached hydrogens (tertiary/aromatic N) is 1. The predicted molar refractivity (Wildman–Crippen MR) is 60.2 cm³/mol. The number of hydrogen-bond acceptors (Lipinski definition) is 4. The summed E-state index contributed by atoms with van der Waals surface area (Å²) in [6.07, 6.45) is 1.32. The van der Waals surface area contributed by atoms with Gasteiger partial charge in [0.05, 0.1) is 4.92 Å². The van der Waals surface area contributed by atoms with E-state index in [0.29, 0.717) is 11.3 Å². The van der Waals surface area contributed by atoms with Gasteiger partial charge in [-0.15, -0.1) is 0 Å². The summed E-state index contributed by atoms with van der Waals surface area (Å²) in [5.74, 6) is -0.801. The molecule has 1 aromatic carbocycles. The van der Waals surface area contributed by atoms with Gasteiger partial charge in [0.2, 0.25) is 0 Å². The molecule has 0 bridgehead atoms. The first-order valence-corrected chi connectivity index (χ1v) is 4.87. The van der Waals surface area contributed by atoms with Gasteiger partial charge < -0.3 is 9.84 Å². The number of fused-ring (bicyclic) bond motifs is 1. The SMILES string of the molecule is CC(=O)O.O=[N+]([O-])C1=Cc2cc(F)ccc2OC1. The molecule has 7 heteroatoms. The molecule has 0 saturated carbocycles. The highest BCUT2D eigenvalue weighted by molar-refractivity contribution is 5.63. The summed E-state index contributed by atoms with van der Waals surface area (Å²) in [5.41, 5.74) is 0.339. The van der Waals surface area contributed by atoms with E-state index in [9.17, 15) is 14.5 Å². The van der Waals surface area contributed by atoms with Crippen LogP contribution in [0, 0.1) is 15.9 Å². The third-order valence-electron chi connectivity index (χ3n) is 1.90. The van der Waals surface area contributed by atoms with E-state index in [1.165, 1.54) is 24.3 Å². The number of hydrogen-bond donors (Lipinski definition) is 1. The summed E-state index contributed by atoms with van der Waals surface area (Å²) in [4.78, 5) is 18.9. The zero-order valence-corrected chi connectivity index (χ0v) is 9.42. The Bertz CT molecular complexity index is 508. The monoisotopic (exact) mass is 255 g/mol. The number of carboxylic acids is 1. The summed E-state index contributed by atoms with van der Waals surface area (Å²) >= 11 is 0. The number of halogens is 1. The standard InChI is InChI=1S/C9H6FNO3.C2H4O2/c10-7-1-2-9-6(3-7)4-8(5-14-9)11(12)13;1-2(3)4/h1-4H,5H2;1H3,(H,3,4). The van der Waals surface area contributed by atoms with Crippen molar-refractivity contribution in [3.63, 3.8) is 0 Å². The molecule has 0 atom stereocenters. The molecule has 18 heavy (non-hydrogen) atoms. The fourth-order valence-electron chi connectivity index (χ4n) is 1.24. The number of carboxylic acid groups (broad SMARTS) is 1. The van der Waals surface area contributed by atoms with Crippen LogP contribution >= 0.6 is 0 Å². The Labute approximate surface area is 101 Å². The maximum absolute atomic E-state index is 12.8. The van der Waals surface area contributed by atoms with Gasteiger partial charge in [-0.05, 0) is 18.2 Å². The smallest absolute Gasteiger partial charge is 0.300 e. The van der Waals surface area contributed by atoms with Gasteiger partial charge in [0.15, 0.2) is 6.61 Å². The Balaban J connectivity index is 0.000000357. The summed E-state index contributed by atoms with van der Waals surface area (Å²) < 4.78 is 17.8. The molecule has 0 spiro atoms. The number of benzene rings is 1. The van der Waals surface area contributed by atoms with E-state index >= 15 is 0 Å². The summed E-state index contributed by atoms with van der Waals surface area (Å²) in [5, 5.41) is 17.8. The van der Waals surface area contributed by atoms with Crippen molar-refractivity contribution in [2.75, 3.05) is 6.61 Å². The van der Waals surface area contributed by atoms with Crippen LogP contribution in [0.1, 0.15) is 12.5 Å². The molecule has 0 radical (unpaired) electrons. The maximum Gasteiger partial charge on any atom is 0.300 e. The molecule has 1 N–H and O–H groups in total. The van der Waals surface area contributed by atoms with Gasteiger partial charge in [-0.2, -0.15) is 0 Å². The number of ether oxygens (including phenoxy) is 1. The Hall–Kier alpha value is -2.44. The van der Waals surface area contributed by atoms with Crippen molar-refractivity contribution < 1.29 is 24.0 Å². The Morgan fingerprint density at radius 1 is 1.56 bits per heavy atom. The first-order chi connectivity index (χ1) is 8.40. The molecule has 6 nitrogen and oxygen atoms in total. The second-order valence-corrected chi connectivity index (χ2v) is 3.38. The molecular weight excluding hydrogens is 245 g/mol. The number of rotatable bonds is 1. The van der Waals surface area contributed by atoms with E-state index in [0.717, 1.165) is 6.92 Å². The van der Waals surface area contributed by atoms with Crippen molar-refractivity contribution in [3.05, 3.63) is 45.4 Å². The summed E-state index contributed by atoms with van der Waals surface area (Å²) in [6.45, 7) is 1.01. The minimum Gasteiger partial charge on any atom is -0.482 e. The van der Waals surface area contributed by atoms with E-state index in [4.69, 9.17) is 14.6 Å². The van der Waals surface area contributed by atoms with E-state index in [1.807, 2.05) is 0 Å². The fraction of sp³-hybridized carbons (Fsp3) is 0.182. The van der Waals surface area contributed by atoms with E-state index < -0.39 is 16.7 Å². The normalized spacial score (nSPS) is 12.2. The van der Waals surface area contributed by atoms with Crippen LogP contribution in [-0.4, -0.2) is 22.6 Å². The van der Waals surface area contributed by atoms with Gasteiger partial charge in [-0.3, -0.25) is 14.9 Å². The van der Waals surface area contributed by atoms with Crippen molar-refractivity contribution in [1.82, 2.24) is 0 Å². The van der Waals surface area contributed by atoms with Gasteiger partial charge in [-0.1, -0.05) is 0 Å². The quantitative estimate of drug-likeness (QED) is 0.611. The van der Waals surface area contributed by atoms with Crippen LogP contribution in [0.2, 0.25) is 0 Å². The van der Waals surface area contributed by atoms with Crippen LogP contribution in [0.5, 0.6) is 5.75 Å². The van der Waals surface area contributed by atoms with E-state index in [2.05, 4.69) is 0 Å². The van der Waals surface area contributed by atoms with Gasteiger partial charge in [0.1, 0.15) is 11.6 Å². The molecular formula is C11H10FNO5. The fourth-order valence-corrected chi connectivity index (χ4v) is 1.24. The lowest BCUT2D eigenvalue weighted by Crippen LogP contribution is -2.13. The Morgan fingerprint density at radius 2 is 2.17 bits per heavy atom. The maximum atomic E-state index is 12.8. The lowest BCUT2D eigenvalue weighted by molar-refractivity contribution is -0.427. The van der Waals surface area contributed by atoms with Crippen molar-refractivity contribution in [2.24, 2.45) is 0 Å². The van der Waals surface area contributed by atoms with Crippen LogP contribution in [0.3, 0.4) is 0 Å². The molecule has 1 aromatic rings. The molecule has 1 aliphatic heterocycles. The molecule has 2 rings (SSSR count). The van der Waals surface area contributed by atoms with Gasteiger partial charge in [0.25, 0.3) is 11.7 Å². The van der Waals surface area contributed by atoms with Crippen molar-refractivity contribution in [2.45, 2.75) is 6.92 Å². The van der Waals surface area contributed by atoms with Crippen LogP contribution in [0.4, 0.5) is 4.39 Å². The Kier molecular flexibility index (Phi) is 4.36. The highest BCUT2D eigenvalue weighted by Gasteiger charge is 2.19. The molecule has 1 aliphatic rings. The Morgan fingerprint density at radius 3 is 2.72 bits per heavy atom. The zero-order valence-electron chi connectivity index (χ0n) is 9.42. The topological polar surface area (TPSA) is 89.7 Å². The second-order valence-electron chi connectivity index (χ2n) is 3.38. The third-order valence-corrected chi connectivity index (χ3v) is 1.90. The molecule has 0 unspecified atom stereocenters. The highest BCUT2D eigenvalue weighted by Crippen LogP contribution is 2.26. The van der Waals surface area contributed by atoms with E-state index in [1.54, 1.807) is 0 Å². The van der Waals surface area contributed by atoms with Gasteiger partial charge >= 0.3 is 0 Å². The minimum atomic E-state index is -0.833. The van der Waals surface area contributed by atoms with Crippen LogP contribution < -0.4 is 4.74 Å². The third kappa shape index (κ3) is 3.85. The average Bonchev–Trinajstić information content (AvgIpc) is 2.27. The average molecular weight is 255 g/mol. The molecule has 0 amide bonds. The zero-order chi connectivity index (χ0) is 13.7. The minimum absolute atomic E-state index is 0.0666. The summed E-state index contributed by atoms with van der Waals surface area (Å²) in [6, 6.07) is 3.92. The highest BCUT2D eigenvalue weighted by atomic mass is 19.1. The van der Waals surface area contributed by atoms with Crippen LogP contribution in [0.15, 0.2) is 23.9 Å². The summed E-state index contributed by atoms with van der Waals surface area (Å²) in [7, 11) is 0. The van der Waals surface area contributed by atoms with Crippen LogP contribution in [-0.2, 0) is 4.79 Å². The van der Waals surface area contributed by atoms with Gasteiger partial charge in [0, 0.05) is 18.6 Å². The van der Waals surface area contributed by atoms with Crippen LogP contribution in [0.25, 0.3) is 6.08 Å². The first-order valence-electron chi connectivity index (χ1n) is 4.87. The largest absolute Gasteiger partial charge is 0.482 e. The van der Waals surface area contributed by atoms with Crippen molar-refractivity contribution >= 4 is 12.0 Å². The lowest BCUT2D eigenvalue weighted by Gasteiger charge is -2.12. The molecule has 1 heterocycles. The molecule has 96 valence electrons. The number of aliphatic carboxylic acids is 1. The molecule has 0 aromatic heterocycles. The second kappa shape index (κ2) is 5.76. The lowest BCUT2D eigenvalue weighted by atomic mass is 10.1. The van der Waals surface area contributed by atoms with Crippen molar-refractivity contribution in [1.29, 1.82) is 0 Å². The molecule has 0 saturated heterocycles. The molecule has 0 aliphatic carbocycles. The predicted octanol–water partition coefficient (Wildman–Crippen LogP) is 1.93. The van der Waals surface area contributed by atoms with Gasteiger partial charge in [-0.25, -0.2) is 4.39 Å². The number of carbonyl (C=O) groups is 1. The molecule has 0 fully saturated rings. The van der Waals surface area contributed by atoms with E-state index in [-0.39, 0.29) is 12.3 Å². The first kappa shape index (κ1) is 13.6.